The van der Waals surface area contributed by atoms with Gasteiger partial charge in [-0.15, -0.1) is 0 Å². The highest BCUT2D eigenvalue weighted by atomic mass is 16.5. The molecule has 0 spiro atoms. The van der Waals surface area contributed by atoms with E-state index in [4.69, 9.17) is 10.5 Å². The minimum absolute atomic E-state index is 0.334. The van der Waals surface area contributed by atoms with E-state index in [1.54, 1.807) is 6.07 Å². The molecule has 3 N–H and O–H groups in total. The molecule has 0 bridgehead atoms. The standard InChI is InChI=1S/C17H23N3O/c1-11-8-12(2)10-13(9-11)19-15-7-6-14(18)16(20-15)21-17(3,4)5/h6-10H,18H2,1-5H3,(H,19,20). The van der Waals surface area contributed by atoms with Crippen molar-refractivity contribution in [2.24, 2.45) is 0 Å². The van der Waals surface area contributed by atoms with Crippen LogP contribution in [0.1, 0.15) is 31.9 Å². The first-order valence-corrected chi connectivity index (χ1v) is 7.04. The lowest BCUT2D eigenvalue weighted by atomic mass is 10.1. The molecule has 4 nitrogen and oxygen atoms in total. The third-order valence-corrected chi connectivity index (χ3v) is 2.79. The Labute approximate surface area is 126 Å². The molecular weight excluding hydrogens is 262 g/mol. The van der Waals surface area contributed by atoms with Crippen LogP contribution in [0.25, 0.3) is 0 Å². The zero-order valence-electron chi connectivity index (χ0n) is 13.3. The Kier molecular flexibility index (Phi) is 4.07. The highest BCUT2D eigenvalue weighted by molar-refractivity contribution is 5.62. The van der Waals surface area contributed by atoms with E-state index in [0.717, 1.165) is 5.69 Å². The first-order chi connectivity index (χ1) is 9.73. The van der Waals surface area contributed by atoms with Gasteiger partial charge in [-0.1, -0.05) is 6.07 Å². The molecule has 1 heterocycles. The van der Waals surface area contributed by atoms with Crippen LogP contribution in [0.4, 0.5) is 17.2 Å². The van der Waals surface area contributed by atoms with Crippen molar-refractivity contribution in [1.29, 1.82) is 0 Å². The van der Waals surface area contributed by atoms with E-state index in [-0.39, 0.29) is 5.60 Å². The summed E-state index contributed by atoms with van der Waals surface area (Å²) in [4.78, 5) is 4.45. The summed E-state index contributed by atoms with van der Waals surface area (Å²) in [5, 5.41) is 3.29. The van der Waals surface area contributed by atoms with Gasteiger partial charge >= 0.3 is 0 Å². The van der Waals surface area contributed by atoms with Gasteiger partial charge in [0, 0.05) is 5.69 Å². The molecule has 2 aromatic rings. The summed E-state index contributed by atoms with van der Waals surface area (Å²) in [7, 11) is 0. The second-order valence-corrected chi connectivity index (χ2v) is 6.31. The molecule has 0 saturated heterocycles. The average Bonchev–Trinajstić information content (AvgIpc) is 2.30. The van der Waals surface area contributed by atoms with E-state index in [2.05, 4.69) is 42.3 Å². The van der Waals surface area contributed by atoms with Crippen LogP contribution in [0, 0.1) is 13.8 Å². The molecular formula is C17H23N3O. The molecule has 0 amide bonds. The number of benzene rings is 1. The third kappa shape index (κ3) is 4.38. The van der Waals surface area contributed by atoms with E-state index in [0.29, 0.717) is 17.4 Å². The van der Waals surface area contributed by atoms with Gasteiger partial charge in [0.2, 0.25) is 5.88 Å². The Balaban J connectivity index is 2.26. The smallest absolute Gasteiger partial charge is 0.239 e. The number of ether oxygens (including phenoxy) is 1. The van der Waals surface area contributed by atoms with Crippen LogP contribution in [0.2, 0.25) is 0 Å². The predicted octanol–water partition coefficient (Wildman–Crippen LogP) is 4.20. The number of hydrogen-bond donors (Lipinski definition) is 2. The topological polar surface area (TPSA) is 60.2 Å². The van der Waals surface area contributed by atoms with Crippen LogP contribution >= 0.6 is 0 Å². The van der Waals surface area contributed by atoms with Crippen LogP contribution in [0.15, 0.2) is 30.3 Å². The van der Waals surface area contributed by atoms with Crippen molar-refractivity contribution in [3.8, 4) is 5.88 Å². The summed E-state index contributed by atoms with van der Waals surface area (Å²) in [5.41, 5.74) is 9.55. The van der Waals surface area contributed by atoms with Crippen molar-refractivity contribution in [1.82, 2.24) is 4.98 Å². The van der Waals surface area contributed by atoms with E-state index >= 15 is 0 Å². The number of aromatic nitrogens is 1. The van der Waals surface area contributed by atoms with Crippen molar-refractivity contribution in [3.63, 3.8) is 0 Å². The highest BCUT2D eigenvalue weighted by Gasteiger charge is 2.15. The number of aryl methyl sites for hydroxylation is 2. The Morgan fingerprint density at radius 2 is 1.67 bits per heavy atom. The first kappa shape index (κ1) is 15.2. The van der Waals surface area contributed by atoms with Crippen molar-refractivity contribution in [2.75, 3.05) is 11.1 Å². The molecule has 0 atom stereocenters. The Morgan fingerprint density at radius 1 is 1.05 bits per heavy atom. The third-order valence-electron chi connectivity index (χ3n) is 2.79. The zero-order valence-corrected chi connectivity index (χ0v) is 13.3. The molecule has 0 aliphatic rings. The highest BCUT2D eigenvalue weighted by Crippen LogP contribution is 2.26. The summed E-state index contributed by atoms with van der Waals surface area (Å²) < 4.78 is 5.78. The predicted molar refractivity (Wildman–Crippen MR) is 88.2 cm³/mol. The second-order valence-electron chi connectivity index (χ2n) is 6.31. The monoisotopic (exact) mass is 285 g/mol. The van der Waals surface area contributed by atoms with Crippen molar-refractivity contribution < 1.29 is 4.74 Å². The lowest BCUT2D eigenvalue weighted by Crippen LogP contribution is -2.24. The molecule has 0 aliphatic carbocycles. The first-order valence-electron chi connectivity index (χ1n) is 7.04. The minimum atomic E-state index is -0.334. The largest absolute Gasteiger partial charge is 0.470 e. The number of nitrogen functional groups attached to an aromatic ring is 1. The summed E-state index contributed by atoms with van der Waals surface area (Å²) in [6.07, 6.45) is 0. The lowest BCUT2D eigenvalue weighted by Gasteiger charge is -2.21. The average molecular weight is 285 g/mol. The van der Waals surface area contributed by atoms with E-state index < -0.39 is 0 Å². The SMILES string of the molecule is Cc1cc(C)cc(Nc2ccc(N)c(OC(C)(C)C)n2)c1. The Bertz CT molecular complexity index is 625. The van der Waals surface area contributed by atoms with Gasteiger partial charge in [-0.2, -0.15) is 4.98 Å². The number of nitrogens with one attached hydrogen (secondary N) is 1. The van der Waals surface area contributed by atoms with Gasteiger partial charge in [0.1, 0.15) is 11.4 Å². The van der Waals surface area contributed by atoms with Crippen LogP contribution in [-0.4, -0.2) is 10.6 Å². The van der Waals surface area contributed by atoms with Crippen LogP contribution in [0.5, 0.6) is 5.88 Å². The van der Waals surface area contributed by atoms with Crippen molar-refractivity contribution >= 4 is 17.2 Å². The number of anilines is 3. The summed E-state index contributed by atoms with van der Waals surface area (Å²) in [5.74, 6) is 1.17. The van der Waals surface area contributed by atoms with Gasteiger partial charge < -0.3 is 15.8 Å². The summed E-state index contributed by atoms with van der Waals surface area (Å²) >= 11 is 0. The number of nitrogens with zero attached hydrogens (tertiary/aromatic N) is 1. The molecule has 0 fully saturated rings. The quantitative estimate of drug-likeness (QED) is 0.887. The molecule has 1 aromatic carbocycles. The van der Waals surface area contributed by atoms with Crippen LogP contribution in [-0.2, 0) is 0 Å². The van der Waals surface area contributed by atoms with E-state index in [1.807, 2.05) is 26.8 Å². The number of pyridine rings is 1. The second kappa shape index (κ2) is 5.64. The maximum absolute atomic E-state index is 5.92. The minimum Gasteiger partial charge on any atom is -0.470 e. The summed E-state index contributed by atoms with van der Waals surface area (Å²) in [6.45, 7) is 10.1. The van der Waals surface area contributed by atoms with Gasteiger partial charge in [0.25, 0.3) is 0 Å². The molecule has 0 saturated carbocycles. The van der Waals surface area contributed by atoms with Gasteiger partial charge in [-0.3, -0.25) is 0 Å². The Morgan fingerprint density at radius 3 is 2.24 bits per heavy atom. The summed E-state index contributed by atoms with van der Waals surface area (Å²) in [6, 6.07) is 9.95. The molecule has 2 rings (SSSR count). The number of rotatable bonds is 3. The van der Waals surface area contributed by atoms with Crippen LogP contribution < -0.4 is 15.8 Å². The molecule has 0 unspecified atom stereocenters. The lowest BCUT2D eigenvalue weighted by molar-refractivity contribution is 0.125. The van der Waals surface area contributed by atoms with E-state index in [9.17, 15) is 0 Å². The van der Waals surface area contributed by atoms with Gasteiger partial charge in [0.15, 0.2) is 0 Å². The van der Waals surface area contributed by atoms with Crippen LogP contribution in [0.3, 0.4) is 0 Å². The fourth-order valence-corrected chi connectivity index (χ4v) is 2.09. The number of hydrogen-bond acceptors (Lipinski definition) is 4. The molecule has 0 radical (unpaired) electrons. The number of nitrogens with two attached hydrogens (primary N) is 1. The normalized spacial score (nSPS) is 11.3. The maximum Gasteiger partial charge on any atom is 0.239 e. The fraction of sp³-hybridized carbons (Fsp3) is 0.353. The molecule has 1 aromatic heterocycles. The van der Waals surface area contributed by atoms with Crippen molar-refractivity contribution in [2.45, 2.75) is 40.2 Å². The van der Waals surface area contributed by atoms with Gasteiger partial charge in [-0.25, -0.2) is 0 Å². The van der Waals surface area contributed by atoms with Gasteiger partial charge in [0.05, 0.1) is 5.69 Å². The zero-order chi connectivity index (χ0) is 15.6. The fourth-order valence-electron chi connectivity index (χ4n) is 2.09. The van der Waals surface area contributed by atoms with E-state index in [1.165, 1.54) is 11.1 Å². The molecule has 21 heavy (non-hydrogen) atoms. The molecule has 4 heteroatoms. The molecule has 0 aliphatic heterocycles. The van der Waals surface area contributed by atoms with Gasteiger partial charge in [-0.05, 0) is 70.0 Å². The maximum atomic E-state index is 5.92. The van der Waals surface area contributed by atoms with Crippen molar-refractivity contribution in [3.05, 3.63) is 41.5 Å². The Hall–Kier alpha value is -2.23. The molecule has 112 valence electrons.